The SMILES string of the molecule is Cc1cccc2nc(C[NH+](C)[C@H](C)c3nc4ccccc4s3)cc(=O)n12. The van der Waals surface area contributed by atoms with E-state index in [9.17, 15) is 4.79 Å². The number of hydrogen-bond acceptors (Lipinski definition) is 4. The summed E-state index contributed by atoms with van der Waals surface area (Å²) in [4.78, 5) is 23.2. The Balaban J connectivity index is 1.62. The maximum Gasteiger partial charge on any atom is 0.258 e. The molecule has 1 N–H and O–H groups in total. The zero-order chi connectivity index (χ0) is 18.3. The van der Waals surface area contributed by atoms with Crippen LogP contribution >= 0.6 is 11.3 Å². The maximum absolute atomic E-state index is 12.5. The van der Waals surface area contributed by atoms with Crippen LogP contribution in [0.3, 0.4) is 0 Å². The highest BCUT2D eigenvalue weighted by Crippen LogP contribution is 2.24. The first-order valence-electron chi connectivity index (χ1n) is 8.69. The summed E-state index contributed by atoms with van der Waals surface area (Å²) in [5.74, 6) is 0. The Kier molecular flexibility index (Phi) is 4.30. The van der Waals surface area contributed by atoms with Crippen molar-refractivity contribution in [3.05, 3.63) is 75.3 Å². The Morgan fingerprint density at radius 3 is 2.77 bits per heavy atom. The van der Waals surface area contributed by atoms with E-state index < -0.39 is 0 Å². The molecule has 4 rings (SSSR count). The second-order valence-corrected chi connectivity index (χ2v) is 7.77. The van der Waals surface area contributed by atoms with Crippen LogP contribution in [-0.4, -0.2) is 21.4 Å². The summed E-state index contributed by atoms with van der Waals surface area (Å²) >= 11 is 1.73. The third-order valence-electron chi connectivity index (χ3n) is 4.81. The van der Waals surface area contributed by atoms with E-state index in [4.69, 9.17) is 4.98 Å². The van der Waals surface area contributed by atoms with Gasteiger partial charge in [0.2, 0.25) is 0 Å². The molecule has 0 saturated carbocycles. The normalized spacial score (nSPS) is 14.0. The quantitative estimate of drug-likeness (QED) is 0.604. The van der Waals surface area contributed by atoms with Crippen LogP contribution in [0.15, 0.2) is 53.3 Å². The van der Waals surface area contributed by atoms with Gasteiger partial charge in [0, 0.05) is 11.8 Å². The lowest BCUT2D eigenvalue weighted by Gasteiger charge is -2.19. The van der Waals surface area contributed by atoms with Crippen LogP contribution in [0, 0.1) is 6.92 Å². The summed E-state index contributed by atoms with van der Waals surface area (Å²) in [6, 6.07) is 15.8. The minimum Gasteiger partial charge on any atom is -0.324 e. The lowest BCUT2D eigenvalue weighted by molar-refractivity contribution is -0.924. The van der Waals surface area contributed by atoms with Gasteiger partial charge in [-0.05, 0) is 38.1 Å². The Morgan fingerprint density at radius 2 is 1.96 bits per heavy atom. The van der Waals surface area contributed by atoms with Crippen LogP contribution in [0.1, 0.15) is 29.4 Å². The van der Waals surface area contributed by atoms with E-state index in [1.807, 2.05) is 43.3 Å². The predicted molar refractivity (Wildman–Crippen MR) is 105 cm³/mol. The third kappa shape index (κ3) is 3.02. The van der Waals surface area contributed by atoms with Crippen molar-refractivity contribution in [1.29, 1.82) is 0 Å². The molecule has 1 aromatic carbocycles. The van der Waals surface area contributed by atoms with Gasteiger partial charge in [0.05, 0.1) is 17.3 Å². The Labute approximate surface area is 155 Å². The summed E-state index contributed by atoms with van der Waals surface area (Å²) < 4.78 is 2.86. The van der Waals surface area contributed by atoms with E-state index >= 15 is 0 Å². The van der Waals surface area contributed by atoms with Crippen molar-refractivity contribution < 1.29 is 4.90 Å². The molecule has 0 saturated heterocycles. The third-order valence-corrected chi connectivity index (χ3v) is 6.03. The number of nitrogens with one attached hydrogen (secondary N) is 1. The smallest absolute Gasteiger partial charge is 0.258 e. The molecule has 0 radical (unpaired) electrons. The molecular weight excluding hydrogens is 344 g/mol. The van der Waals surface area contributed by atoms with E-state index in [0.717, 1.165) is 21.9 Å². The van der Waals surface area contributed by atoms with Gasteiger partial charge in [-0.1, -0.05) is 18.2 Å². The summed E-state index contributed by atoms with van der Waals surface area (Å²) in [7, 11) is 2.12. The second-order valence-electron chi connectivity index (χ2n) is 6.71. The van der Waals surface area contributed by atoms with Gasteiger partial charge in [-0.3, -0.25) is 9.20 Å². The minimum atomic E-state index is -0.0245. The van der Waals surface area contributed by atoms with Gasteiger partial charge in [0.25, 0.3) is 5.56 Å². The van der Waals surface area contributed by atoms with Crippen molar-refractivity contribution in [2.45, 2.75) is 26.4 Å². The van der Waals surface area contributed by atoms with E-state index in [0.29, 0.717) is 12.2 Å². The van der Waals surface area contributed by atoms with Gasteiger partial charge in [-0.25, -0.2) is 9.97 Å². The lowest BCUT2D eigenvalue weighted by Crippen LogP contribution is -3.07. The molecule has 4 aromatic rings. The van der Waals surface area contributed by atoms with E-state index in [1.165, 1.54) is 9.60 Å². The van der Waals surface area contributed by atoms with Gasteiger partial charge in [-0.2, -0.15) is 0 Å². The van der Waals surface area contributed by atoms with Gasteiger partial charge >= 0.3 is 0 Å². The standard InChI is InChI=1S/C20H20N4OS/c1-13-7-6-10-18-21-15(11-19(25)24(13)18)12-23(3)14(2)20-22-16-8-4-5-9-17(16)26-20/h4-11,14H,12H2,1-3H3/p+1/t14-/m1/s1. The monoisotopic (exact) mass is 365 g/mol. The number of rotatable bonds is 4. The number of para-hydroxylation sites is 1. The first-order chi connectivity index (χ1) is 12.5. The number of nitrogens with zero attached hydrogens (tertiary/aromatic N) is 3. The molecule has 26 heavy (non-hydrogen) atoms. The van der Waals surface area contributed by atoms with Gasteiger partial charge in [0.1, 0.15) is 23.9 Å². The summed E-state index contributed by atoms with van der Waals surface area (Å²) in [5.41, 5.74) is 3.43. The molecule has 0 aliphatic heterocycles. The van der Waals surface area contributed by atoms with Crippen molar-refractivity contribution in [3.63, 3.8) is 0 Å². The van der Waals surface area contributed by atoms with Crippen molar-refractivity contribution in [3.8, 4) is 0 Å². The molecule has 1 unspecified atom stereocenters. The van der Waals surface area contributed by atoms with Gasteiger partial charge < -0.3 is 4.90 Å². The van der Waals surface area contributed by atoms with Crippen molar-refractivity contribution in [2.75, 3.05) is 7.05 Å². The molecule has 6 heteroatoms. The van der Waals surface area contributed by atoms with Crippen LogP contribution in [-0.2, 0) is 6.54 Å². The topological polar surface area (TPSA) is 51.7 Å². The lowest BCUT2D eigenvalue weighted by atomic mass is 10.2. The van der Waals surface area contributed by atoms with E-state index in [2.05, 4.69) is 25.0 Å². The number of fused-ring (bicyclic) bond motifs is 2. The summed E-state index contributed by atoms with van der Waals surface area (Å²) in [5, 5.41) is 1.11. The molecule has 0 bridgehead atoms. The molecule has 5 nitrogen and oxygen atoms in total. The molecule has 3 aromatic heterocycles. The number of aromatic nitrogens is 3. The van der Waals surface area contributed by atoms with Gasteiger partial charge in [0.15, 0.2) is 5.01 Å². The Hall–Kier alpha value is -2.57. The zero-order valence-electron chi connectivity index (χ0n) is 15.1. The van der Waals surface area contributed by atoms with E-state index in [-0.39, 0.29) is 11.6 Å². The number of aryl methyl sites for hydroxylation is 1. The summed E-state index contributed by atoms with van der Waals surface area (Å²) in [6.45, 7) is 4.77. The molecular formula is C20H21N4OS+. The Bertz CT molecular complexity index is 1110. The molecule has 132 valence electrons. The van der Waals surface area contributed by atoms with Crippen LogP contribution < -0.4 is 10.5 Å². The van der Waals surface area contributed by atoms with E-state index in [1.54, 1.807) is 21.8 Å². The number of pyridine rings is 1. The van der Waals surface area contributed by atoms with Crippen LogP contribution in [0.5, 0.6) is 0 Å². The molecule has 0 fully saturated rings. The average Bonchev–Trinajstić information content (AvgIpc) is 3.04. The molecule has 2 atom stereocenters. The van der Waals surface area contributed by atoms with Crippen molar-refractivity contribution >= 4 is 27.2 Å². The maximum atomic E-state index is 12.5. The van der Waals surface area contributed by atoms with Gasteiger partial charge in [-0.15, -0.1) is 11.3 Å². The zero-order valence-corrected chi connectivity index (χ0v) is 15.9. The van der Waals surface area contributed by atoms with Crippen LogP contribution in [0.25, 0.3) is 15.9 Å². The highest BCUT2D eigenvalue weighted by Gasteiger charge is 2.21. The Morgan fingerprint density at radius 1 is 1.15 bits per heavy atom. The molecule has 0 aliphatic carbocycles. The molecule has 0 amide bonds. The summed E-state index contributed by atoms with van der Waals surface area (Å²) in [6.07, 6.45) is 0. The second kappa shape index (κ2) is 6.63. The number of thiazole rings is 1. The fraction of sp³-hybridized carbons (Fsp3) is 0.250. The predicted octanol–water partition coefficient (Wildman–Crippen LogP) is 2.39. The largest absolute Gasteiger partial charge is 0.324 e. The molecule has 3 heterocycles. The first kappa shape index (κ1) is 16.9. The number of hydrogen-bond donors (Lipinski definition) is 1. The first-order valence-corrected chi connectivity index (χ1v) is 9.50. The highest BCUT2D eigenvalue weighted by atomic mass is 32.1. The fourth-order valence-corrected chi connectivity index (χ4v) is 4.29. The van der Waals surface area contributed by atoms with Crippen LogP contribution in [0.4, 0.5) is 0 Å². The molecule has 0 spiro atoms. The van der Waals surface area contributed by atoms with Crippen molar-refractivity contribution in [2.24, 2.45) is 0 Å². The average molecular weight is 365 g/mol. The number of quaternary nitrogens is 1. The minimum absolute atomic E-state index is 0.0245. The highest BCUT2D eigenvalue weighted by molar-refractivity contribution is 7.18. The molecule has 0 aliphatic rings. The fourth-order valence-electron chi connectivity index (χ4n) is 3.18. The number of benzene rings is 1. The van der Waals surface area contributed by atoms with Crippen LogP contribution in [0.2, 0.25) is 0 Å². The van der Waals surface area contributed by atoms with Crippen molar-refractivity contribution in [1.82, 2.24) is 14.4 Å².